The summed E-state index contributed by atoms with van der Waals surface area (Å²) in [7, 11) is 0. The summed E-state index contributed by atoms with van der Waals surface area (Å²) in [6.45, 7) is 1.86. The van der Waals surface area contributed by atoms with Crippen LogP contribution < -0.4 is 0 Å². The molecule has 1 rings (SSSR count). The van der Waals surface area contributed by atoms with Gasteiger partial charge in [0, 0.05) is 6.42 Å². The molecule has 0 aliphatic rings. The summed E-state index contributed by atoms with van der Waals surface area (Å²) in [4.78, 5) is 0. The van der Waals surface area contributed by atoms with Crippen molar-refractivity contribution in [1.29, 1.82) is 5.26 Å². The molecular formula is C10H10FN. The quantitative estimate of drug-likeness (QED) is 0.657. The predicted octanol–water partition coefficient (Wildman–Crippen LogP) is 2.59. The molecule has 0 aromatic heterocycles. The van der Waals surface area contributed by atoms with Crippen LogP contribution in [0.15, 0.2) is 18.2 Å². The highest BCUT2D eigenvalue weighted by Crippen LogP contribution is 2.13. The van der Waals surface area contributed by atoms with E-state index in [0.717, 1.165) is 5.56 Å². The van der Waals surface area contributed by atoms with Gasteiger partial charge < -0.3 is 0 Å². The van der Waals surface area contributed by atoms with Crippen LogP contribution >= 0.6 is 0 Å². The third kappa shape index (κ3) is 1.82. The first-order chi connectivity index (χ1) is 5.75. The summed E-state index contributed by atoms with van der Waals surface area (Å²) in [6, 6.07) is 6.97. The maximum Gasteiger partial charge on any atom is 0.126 e. The molecule has 0 saturated heterocycles. The van der Waals surface area contributed by atoms with Crippen molar-refractivity contribution < 1.29 is 4.39 Å². The van der Waals surface area contributed by atoms with E-state index in [0.29, 0.717) is 18.4 Å². The molecule has 0 spiro atoms. The molecular weight excluding hydrogens is 153 g/mol. The van der Waals surface area contributed by atoms with Crippen LogP contribution in [0.1, 0.15) is 17.5 Å². The molecule has 12 heavy (non-hydrogen) atoms. The van der Waals surface area contributed by atoms with E-state index in [1.807, 2.05) is 19.1 Å². The first-order valence-corrected chi connectivity index (χ1v) is 3.86. The Hall–Kier alpha value is -1.36. The van der Waals surface area contributed by atoms with E-state index >= 15 is 0 Å². The standard InChI is InChI=1S/C10H10FN/c1-8-4-2-6-10(11)9(8)5-3-7-12/h2,4,6H,3,5H2,1H3. The Labute approximate surface area is 71.4 Å². The molecule has 1 aromatic rings. The van der Waals surface area contributed by atoms with Crippen molar-refractivity contribution in [2.75, 3.05) is 0 Å². The highest BCUT2D eigenvalue weighted by atomic mass is 19.1. The molecule has 0 heterocycles. The van der Waals surface area contributed by atoms with Gasteiger partial charge in [0.2, 0.25) is 0 Å². The van der Waals surface area contributed by atoms with Gasteiger partial charge >= 0.3 is 0 Å². The molecule has 0 aliphatic heterocycles. The summed E-state index contributed by atoms with van der Waals surface area (Å²) >= 11 is 0. The highest BCUT2D eigenvalue weighted by molar-refractivity contribution is 5.27. The number of aryl methyl sites for hydroxylation is 1. The van der Waals surface area contributed by atoms with Crippen LogP contribution in [0.2, 0.25) is 0 Å². The Kier molecular flexibility index (Phi) is 2.82. The minimum Gasteiger partial charge on any atom is -0.207 e. The van der Waals surface area contributed by atoms with E-state index in [1.54, 1.807) is 6.07 Å². The minimum absolute atomic E-state index is 0.203. The molecule has 0 amide bonds. The van der Waals surface area contributed by atoms with Gasteiger partial charge in [-0.2, -0.15) is 5.26 Å². The summed E-state index contributed by atoms with van der Waals surface area (Å²) in [6.07, 6.45) is 0.886. The first kappa shape index (κ1) is 8.73. The molecule has 1 aromatic carbocycles. The SMILES string of the molecule is Cc1cccc(F)c1CCC#N. The number of nitriles is 1. The molecule has 1 nitrogen and oxygen atoms in total. The molecule has 0 N–H and O–H groups in total. The molecule has 0 atom stereocenters. The van der Waals surface area contributed by atoms with Gasteiger partial charge in [-0.15, -0.1) is 0 Å². The van der Waals surface area contributed by atoms with Crippen LogP contribution in [-0.4, -0.2) is 0 Å². The van der Waals surface area contributed by atoms with E-state index in [9.17, 15) is 4.39 Å². The summed E-state index contributed by atoms with van der Waals surface area (Å²) in [5.41, 5.74) is 1.59. The average Bonchev–Trinajstić information content (AvgIpc) is 2.04. The number of hydrogen-bond acceptors (Lipinski definition) is 1. The van der Waals surface area contributed by atoms with E-state index in [4.69, 9.17) is 5.26 Å². The third-order valence-electron chi connectivity index (χ3n) is 1.84. The maximum absolute atomic E-state index is 13.1. The average molecular weight is 163 g/mol. The number of nitrogens with zero attached hydrogens (tertiary/aromatic N) is 1. The van der Waals surface area contributed by atoms with Crippen molar-refractivity contribution in [1.82, 2.24) is 0 Å². The number of hydrogen-bond donors (Lipinski definition) is 0. The number of halogens is 1. The molecule has 2 heteroatoms. The fourth-order valence-corrected chi connectivity index (χ4v) is 1.16. The zero-order valence-corrected chi connectivity index (χ0v) is 6.97. The van der Waals surface area contributed by atoms with Crippen molar-refractivity contribution in [3.63, 3.8) is 0 Å². The lowest BCUT2D eigenvalue weighted by Gasteiger charge is -2.03. The van der Waals surface area contributed by atoms with Crippen LogP contribution in [-0.2, 0) is 6.42 Å². The van der Waals surface area contributed by atoms with Gasteiger partial charge in [0.15, 0.2) is 0 Å². The van der Waals surface area contributed by atoms with Gasteiger partial charge in [-0.05, 0) is 30.5 Å². The Morgan fingerprint density at radius 2 is 2.25 bits per heavy atom. The van der Waals surface area contributed by atoms with E-state index in [-0.39, 0.29) is 5.82 Å². The van der Waals surface area contributed by atoms with Crippen LogP contribution in [0, 0.1) is 24.1 Å². The van der Waals surface area contributed by atoms with Crippen LogP contribution in [0.3, 0.4) is 0 Å². The Bertz CT molecular complexity index is 292. The highest BCUT2D eigenvalue weighted by Gasteiger charge is 2.03. The lowest BCUT2D eigenvalue weighted by Crippen LogP contribution is -1.93. The molecule has 0 radical (unpaired) electrons. The van der Waals surface area contributed by atoms with Crippen molar-refractivity contribution in [3.8, 4) is 6.07 Å². The zero-order chi connectivity index (χ0) is 8.97. The number of benzene rings is 1. The Morgan fingerprint density at radius 1 is 1.50 bits per heavy atom. The van der Waals surface area contributed by atoms with Gasteiger partial charge in [0.1, 0.15) is 5.82 Å². The largest absolute Gasteiger partial charge is 0.207 e. The van der Waals surface area contributed by atoms with Gasteiger partial charge in [0.05, 0.1) is 6.07 Å². The maximum atomic E-state index is 13.1. The smallest absolute Gasteiger partial charge is 0.126 e. The fourth-order valence-electron chi connectivity index (χ4n) is 1.16. The lowest BCUT2D eigenvalue weighted by atomic mass is 10.0. The van der Waals surface area contributed by atoms with E-state index in [1.165, 1.54) is 6.07 Å². The van der Waals surface area contributed by atoms with Crippen molar-refractivity contribution in [2.45, 2.75) is 19.8 Å². The van der Waals surface area contributed by atoms with Crippen LogP contribution in [0.4, 0.5) is 4.39 Å². The summed E-state index contributed by atoms with van der Waals surface area (Å²) < 4.78 is 13.1. The van der Waals surface area contributed by atoms with Crippen molar-refractivity contribution in [3.05, 3.63) is 35.1 Å². The summed E-state index contributed by atoms with van der Waals surface area (Å²) in [5, 5.41) is 8.34. The second kappa shape index (κ2) is 3.87. The predicted molar refractivity (Wildman–Crippen MR) is 45.1 cm³/mol. The van der Waals surface area contributed by atoms with E-state index in [2.05, 4.69) is 0 Å². The van der Waals surface area contributed by atoms with Crippen LogP contribution in [0.25, 0.3) is 0 Å². The van der Waals surface area contributed by atoms with Gasteiger partial charge in [-0.25, -0.2) is 4.39 Å². The van der Waals surface area contributed by atoms with Crippen molar-refractivity contribution in [2.24, 2.45) is 0 Å². The van der Waals surface area contributed by atoms with Gasteiger partial charge in [-0.3, -0.25) is 0 Å². The zero-order valence-electron chi connectivity index (χ0n) is 6.97. The Morgan fingerprint density at radius 3 is 2.83 bits per heavy atom. The molecule has 0 aliphatic carbocycles. The molecule has 0 unspecified atom stereocenters. The molecule has 0 bridgehead atoms. The topological polar surface area (TPSA) is 23.8 Å². The van der Waals surface area contributed by atoms with Gasteiger partial charge in [-0.1, -0.05) is 12.1 Å². The van der Waals surface area contributed by atoms with Gasteiger partial charge in [0.25, 0.3) is 0 Å². The third-order valence-corrected chi connectivity index (χ3v) is 1.84. The second-order valence-electron chi connectivity index (χ2n) is 2.69. The monoisotopic (exact) mass is 163 g/mol. The number of rotatable bonds is 2. The fraction of sp³-hybridized carbons (Fsp3) is 0.300. The van der Waals surface area contributed by atoms with E-state index < -0.39 is 0 Å². The second-order valence-corrected chi connectivity index (χ2v) is 2.69. The molecule has 62 valence electrons. The minimum atomic E-state index is -0.203. The van der Waals surface area contributed by atoms with Crippen molar-refractivity contribution >= 4 is 0 Å². The molecule has 0 fully saturated rings. The normalized spacial score (nSPS) is 9.42. The first-order valence-electron chi connectivity index (χ1n) is 3.86. The Balaban J connectivity index is 2.90. The van der Waals surface area contributed by atoms with Crippen LogP contribution in [0.5, 0.6) is 0 Å². The summed E-state index contributed by atoms with van der Waals surface area (Å²) in [5.74, 6) is -0.203. The lowest BCUT2D eigenvalue weighted by molar-refractivity contribution is 0.608. The molecule has 0 saturated carbocycles.